The maximum absolute atomic E-state index is 10.8. The number of hydrogen-bond donors (Lipinski definition) is 1. The Bertz CT molecular complexity index is 1010. The predicted molar refractivity (Wildman–Crippen MR) is 105 cm³/mol. The van der Waals surface area contributed by atoms with Crippen molar-refractivity contribution in [2.45, 2.75) is 6.67 Å². The van der Waals surface area contributed by atoms with Gasteiger partial charge in [-0.15, -0.1) is 5.10 Å². The Morgan fingerprint density at radius 1 is 1.21 bits per heavy atom. The lowest BCUT2D eigenvalue weighted by molar-refractivity contribution is -0.924. The zero-order valence-corrected chi connectivity index (χ0v) is 15.8. The molecule has 1 N–H and O–H groups in total. The number of quaternary nitrogens is 1. The monoisotopic (exact) mass is 399 g/mol. The van der Waals surface area contributed by atoms with Crippen molar-refractivity contribution in [1.82, 2.24) is 14.8 Å². The number of nitrogens with one attached hydrogen (secondary N) is 1. The summed E-state index contributed by atoms with van der Waals surface area (Å²) in [4.78, 5) is 18.4. The fourth-order valence-corrected chi connectivity index (χ4v) is 3.43. The van der Waals surface area contributed by atoms with Crippen LogP contribution in [0.15, 0.2) is 53.2 Å². The van der Waals surface area contributed by atoms with Crippen molar-refractivity contribution < 1.29 is 14.2 Å². The lowest BCUT2D eigenvalue weighted by atomic mass is 10.2. The van der Waals surface area contributed by atoms with E-state index in [-0.39, 0.29) is 10.6 Å². The van der Waals surface area contributed by atoms with Crippen molar-refractivity contribution in [2.75, 3.05) is 31.1 Å². The third-order valence-corrected chi connectivity index (χ3v) is 5.08. The summed E-state index contributed by atoms with van der Waals surface area (Å²) in [6, 6.07) is 10.4. The first-order chi connectivity index (χ1) is 13.6. The van der Waals surface area contributed by atoms with Gasteiger partial charge in [0.25, 0.3) is 10.5 Å². The molecule has 0 unspecified atom stereocenters. The average molecular weight is 399 g/mol. The molecule has 1 aliphatic rings. The number of aromatic nitrogens is 3. The van der Waals surface area contributed by atoms with Crippen LogP contribution in [-0.2, 0) is 6.67 Å². The molecular weight excluding hydrogens is 380 g/mol. The Morgan fingerprint density at radius 3 is 2.61 bits per heavy atom. The molecule has 0 aliphatic carbocycles. The third kappa shape index (κ3) is 3.92. The van der Waals surface area contributed by atoms with E-state index in [0.29, 0.717) is 17.4 Å². The van der Waals surface area contributed by atoms with E-state index in [0.717, 1.165) is 37.4 Å². The summed E-state index contributed by atoms with van der Waals surface area (Å²) in [5, 5.41) is 15.3. The van der Waals surface area contributed by atoms with E-state index in [9.17, 15) is 10.1 Å². The van der Waals surface area contributed by atoms with Gasteiger partial charge in [0, 0.05) is 30.2 Å². The average Bonchev–Trinajstić information content (AvgIpc) is 3.10. The highest BCUT2D eigenvalue weighted by molar-refractivity contribution is 7.71. The van der Waals surface area contributed by atoms with Crippen molar-refractivity contribution in [2.24, 2.45) is 0 Å². The highest BCUT2D eigenvalue weighted by Gasteiger charge is 2.22. The number of non-ortho nitro benzene ring substituents is 1. The van der Waals surface area contributed by atoms with Gasteiger partial charge in [-0.25, -0.2) is 0 Å². The van der Waals surface area contributed by atoms with Crippen molar-refractivity contribution in [1.29, 1.82) is 0 Å². The van der Waals surface area contributed by atoms with Gasteiger partial charge in [-0.2, -0.15) is 4.68 Å². The summed E-state index contributed by atoms with van der Waals surface area (Å²) in [6.07, 6.45) is 3.39. The molecule has 144 valence electrons. The summed E-state index contributed by atoms with van der Waals surface area (Å²) in [5.74, 6) is 0.474. The summed E-state index contributed by atoms with van der Waals surface area (Å²) < 4.78 is 7.33. The SMILES string of the molecule is O=[N+]([O-])c1ccc(N2CC[NH+](Cn3nc(-c4cccnc4)oc3=S)CC2)cc1. The van der Waals surface area contributed by atoms with Crippen LogP contribution in [0.5, 0.6) is 0 Å². The molecule has 3 heterocycles. The maximum Gasteiger partial charge on any atom is 0.292 e. The van der Waals surface area contributed by atoms with E-state index < -0.39 is 0 Å². The lowest BCUT2D eigenvalue weighted by Crippen LogP contribution is -3.14. The highest BCUT2D eigenvalue weighted by atomic mass is 32.1. The van der Waals surface area contributed by atoms with Gasteiger partial charge >= 0.3 is 0 Å². The van der Waals surface area contributed by atoms with E-state index in [1.165, 1.54) is 4.90 Å². The van der Waals surface area contributed by atoms with Gasteiger partial charge in [0.2, 0.25) is 5.89 Å². The Labute approximate surface area is 166 Å². The quantitative estimate of drug-likeness (QED) is 0.395. The number of hydrogen-bond acceptors (Lipinski definition) is 7. The molecule has 0 amide bonds. The highest BCUT2D eigenvalue weighted by Crippen LogP contribution is 2.19. The molecule has 10 heteroatoms. The number of pyridine rings is 1. The van der Waals surface area contributed by atoms with Gasteiger partial charge in [-0.1, -0.05) is 0 Å². The number of nitro benzene ring substituents is 1. The summed E-state index contributed by atoms with van der Waals surface area (Å²) >= 11 is 5.31. The number of piperazine rings is 1. The molecule has 2 aromatic heterocycles. The van der Waals surface area contributed by atoms with Gasteiger partial charge < -0.3 is 14.2 Å². The summed E-state index contributed by atoms with van der Waals surface area (Å²) in [6.45, 7) is 4.17. The second-order valence-electron chi connectivity index (χ2n) is 6.58. The molecule has 0 saturated carbocycles. The number of benzene rings is 1. The second kappa shape index (κ2) is 7.87. The summed E-state index contributed by atoms with van der Waals surface area (Å²) in [5.41, 5.74) is 1.91. The molecule has 0 bridgehead atoms. The Hall–Kier alpha value is -3.11. The number of anilines is 1. The first-order valence-electron chi connectivity index (χ1n) is 8.91. The van der Waals surface area contributed by atoms with E-state index >= 15 is 0 Å². The topological polar surface area (TPSA) is 94.7 Å². The van der Waals surface area contributed by atoms with Gasteiger partial charge in [-0.3, -0.25) is 15.1 Å². The van der Waals surface area contributed by atoms with Gasteiger partial charge in [0.05, 0.1) is 36.7 Å². The first kappa shape index (κ1) is 18.3. The largest absolute Gasteiger partial charge is 0.409 e. The molecule has 28 heavy (non-hydrogen) atoms. The number of nitro groups is 1. The lowest BCUT2D eigenvalue weighted by Gasteiger charge is -2.33. The number of nitrogens with zero attached hydrogens (tertiary/aromatic N) is 5. The number of rotatable bonds is 5. The van der Waals surface area contributed by atoms with Crippen LogP contribution in [0.4, 0.5) is 11.4 Å². The van der Waals surface area contributed by atoms with Gasteiger partial charge in [0.15, 0.2) is 6.67 Å². The zero-order valence-electron chi connectivity index (χ0n) is 15.0. The molecule has 9 nitrogen and oxygen atoms in total. The Balaban J connectivity index is 1.38. The molecule has 1 aromatic carbocycles. The molecule has 0 spiro atoms. The molecule has 1 aliphatic heterocycles. The minimum absolute atomic E-state index is 0.109. The molecule has 3 aromatic rings. The van der Waals surface area contributed by atoms with E-state index in [2.05, 4.69) is 15.0 Å². The molecule has 1 fully saturated rings. The van der Waals surface area contributed by atoms with Crippen LogP contribution in [0.3, 0.4) is 0 Å². The van der Waals surface area contributed by atoms with Crippen LogP contribution < -0.4 is 9.80 Å². The standard InChI is InChI=1S/C18H18N6O3S/c25-24(26)16-5-3-15(4-6-16)22-10-8-21(9-11-22)13-23-18(28)27-17(20-23)14-2-1-7-19-12-14/h1-7,12H,8-11,13H2/p+1. The fraction of sp³-hybridized carbons (Fsp3) is 0.278. The zero-order chi connectivity index (χ0) is 19.5. The van der Waals surface area contributed by atoms with Crippen LogP contribution in [0.25, 0.3) is 11.5 Å². The Morgan fingerprint density at radius 2 is 1.96 bits per heavy atom. The smallest absolute Gasteiger partial charge is 0.292 e. The van der Waals surface area contributed by atoms with Crippen molar-refractivity contribution >= 4 is 23.6 Å². The van der Waals surface area contributed by atoms with Gasteiger partial charge in [-0.05, 0) is 36.5 Å². The molecule has 4 rings (SSSR count). The summed E-state index contributed by atoms with van der Waals surface area (Å²) in [7, 11) is 0. The van der Waals surface area contributed by atoms with Crippen LogP contribution in [0, 0.1) is 15.0 Å². The van der Waals surface area contributed by atoms with Crippen LogP contribution >= 0.6 is 12.2 Å². The molecule has 0 radical (unpaired) electrons. The van der Waals surface area contributed by atoms with E-state index in [1.54, 1.807) is 41.3 Å². The van der Waals surface area contributed by atoms with E-state index in [1.807, 2.05) is 12.1 Å². The normalized spacial score (nSPS) is 14.9. The van der Waals surface area contributed by atoms with Crippen molar-refractivity contribution in [3.05, 3.63) is 63.7 Å². The molecule has 0 atom stereocenters. The van der Waals surface area contributed by atoms with Crippen molar-refractivity contribution in [3.8, 4) is 11.5 Å². The van der Waals surface area contributed by atoms with Crippen LogP contribution in [0.2, 0.25) is 0 Å². The second-order valence-corrected chi connectivity index (χ2v) is 6.93. The van der Waals surface area contributed by atoms with Crippen LogP contribution in [-0.4, -0.2) is 45.9 Å². The minimum atomic E-state index is -0.382. The fourth-order valence-electron chi connectivity index (χ4n) is 3.25. The Kier molecular flexibility index (Phi) is 5.13. The van der Waals surface area contributed by atoms with E-state index in [4.69, 9.17) is 16.6 Å². The predicted octanol–water partition coefficient (Wildman–Crippen LogP) is 1.54. The third-order valence-electron chi connectivity index (χ3n) is 4.78. The molecule has 1 saturated heterocycles. The van der Waals surface area contributed by atoms with Gasteiger partial charge in [0.1, 0.15) is 0 Å². The first-order valence-corrected chi connectivity index (χ1v) is 9.32. The van der Waals surface area contributed by atoms with Crippen LogP contribution in [0.1, 0.15) is 0 Å². The maximum atomic E-state index is 10.8. The minimum Gasteiger partial charge on any atom is -0.409 e. The molecular formula is C18H19N6O3S+. The van der Waals surface area contributed by atoms with Crippen molar-refractivity contribution in [3.63, 3.8) is 0 Å².